The summed E-state index contributed by atoms with van der Waals surface area (Å²) in [6.07, 6.45) is 0. The van der Waals surface area contributed by atoms with Crippen LogP contribution in [0.25, 0.3) is 0 Å². The number of sulfonamides is 1. The van der Waals surface area contributed by atoms with Gasteiger partial charge in [0.05, 0.1) is 12.0 Å². The Bertz CT molecular complexity index is 757. The van der Waals surface area contributed by atoms with Crippen LogP contribution < -0.4 is 9.46 Å². The van der Waals surface area contributed by atoms with E-state index in [4.69, 9.17) is 4.74 Å². The van der Waals surface area contributed by atoms with Crippen LogP contribution in [0.2, 0.25) is 0 Å². The molecule has 1 unspecified atom stereocenters. The van der Waals surface area contributed by atoms with Crippen molar-refractivity contribution in [3.63, 3.8) is 0 Å². The summed E-state index contributed by atoms with van der Waals surface area (Å²) in [5.41, 5.74) is 1.50. The largest absolute Gasteiger partial charge is 0.494 e. The van der Waals surface area contributed by atoms with Crippen LogP contribution in [-0.2, 0) is 10.0 Å². The molecule has 0 fully saturated rings. The van der Waals surface area contributed by atoms with Crippen LogP contribution in [-0.4, -0.2) is 15.5 Å². The van der Waals surface area contributed by atoms with Gasteiger partial charge >= 0.3 is 0 Å². The predicted molar refractivity (Wildman–Crippen MR) is 82.9 cm³/mol. The highest BCUT2D eigenvalue weighted by molar-refractivity contribution is 7.89. The minimum atomic E-state index is -3.66. The zero-order chi connectivity index (χ0) is 16.3. The van der Waals surface area contributed by atoms with E-state index in [1.54, 1.807) is 37.3 Å². The van der Waals surface area contributed by atoms with Gasteiger partial charge in [0, 0.05) is 6.04 Å². The lowest BCUT2D eigenvalue weighted by Gasteiger charge is -2.15. The summed E-state index contributed by atoms with van der Waals surface area (Å²) in [6, 6.07) is 10.3. The van der Waals surface area contributed by atoms with Gasteiger partial charge in [0.25, 0.3) is 0 Å². The Morgan fingerprint density at radius 3 is 2.32 bits per heavy atom. The summed E-state index contributed by atoms with van der Waals surface area (Å²) in [5.74, 6) is -0.404. The molecule has 1 N–H and O–H groups in total. The summed E-state index contributed by atoms with van der Waals surface area (Å²) >= 11 is 0. The van der Waals surface area contributed by atoms with Gasteiger partial charge in [-0.25, -0.2) is 17.5 Å². The molecule has 118 valence electrons. The Balaban J connectivity index is 2.22. The number of halogens is 1. The van der Waals surface area contributed by atoms with Crippen LogP contribution in [0, 0.1) is 12.7 Å². The molecule has 0 heterocycles. The third-order valence-electron chi connectivity index (χ3n) is 3.34. The SMILES string of the molecule is COc1ccc(C(C)NS(=O)(=O)c2ccc(C)cc2)cc1F. The quantitative estimate of drug-likeness (QED) is 0.919. The van der Waals surface area contributed by atoms with Gasteiger partial charge in [0.1, 0.15) is 0 Å². The lowest BCUT2D eigenvalue weighted by molar-refractivity contribution is 0.386. The Morgan fingerprint density at radius 1 is 1.14 bits per heavy atom. The predicted octanol–water partition coefficient (Wildman–Crippen LogP) is 3.18. The second kappa shape index (κ2) is 6.46. The first-order valence-corrected chi connectivity index (χ1v) is 8.24. The maximum absolute atomic E-state index is 13.7. The van der Waals surface area contributed by atoms with Gasteiger partial charge in [-0.2, -0.15) is 0 Å². The number of hydrogen-bond donors (Lipinski definition) is 1. The Hall–Kier alpha value is -1.92. The second-order valence-electron chi connectivity index (χ2n) is 5.05. The first-order valence-electron chi connectivity index (χ1n) is 6.76. The fourth-order valence-electron chi connectivity index (χ4n) is 2.04. The number of aryl methyl sites for hydroxylation is 1. The summed E-state index contributed by atoms with van der Waals surface area (Å²) in [6.45, 7) is 3.54. The Morgan fingerprint density at radius 2 is 1.77 bits per heavy atom. The van der Waals surface area contributed by atoms with E-state index in [-0.39, 0.29) is 10.6 Å². The molecule has 0 saturated carbocycles. The molecule has 2 rings (SSSR count). The van der Waals surface area contributed by atoms with Crippen molar-refractivity contribution in [1.29, 1.82) is 0 Å². The summed E-state index contributed by atoms with van der Waals surface area (Å²) in [5, 5.41) is 0. The average molecular weight is 323 g/mol. The molecule has 0 aliphatic heterocycles. The number of methoxy groups -OCH3 is 1. The number of ether oxygens (including phenoxy) is 1. The minimum absolute atomic E-state index is 0.123. The first-order chi connectivity index (χ1) is 10.3. The first kappa shape index (κ1) is 16.5. The van der Waals surface area contributed by atoms with Gasteiger partial charge < -0.3 is 4.74 Å². The molecule has 2 aromatic carbocycles. The van der Waals surface area contributed by atoms with E-state index in [9.17, 15) is 12.8 Å². The summed E-state index contributed by atoms with van der Waals surface area (Å²) in [4.78, 5) is 0.180. The molecule has 0 bridgehead atoms. The van der Waals surface area contributed by atoms with E-state index in [0.29, 0.717) is 5.56 Å². The fourth-order valence-corrected chi connectivity index (χ4v) is 3.27. The lowest BCUT2D eigenvalue weighted by atomic mass is 10.1. The van der Waals surface area contributed by atoms with Gasteiger partial charge in [0.15, 0.2) is 11.6 Å². The summed E-state index contributed by atoms with van der Waals surface area (Å²) in [7, 11) is -2.28. The van der Waals surface area contributed by atoms with Gasteiger partial charge in [-0.3, -0.25) is 0 Å². The van der Waals surface area contributed by atoms with Gasteiger partial charge in [-0.1, -0.05) is 23.8 Å². The maximum atomic E-state index is 13.7. The van der Waals surface area contributed by atoms with Crippen molar-refractivity contribution in [3.05, 3.63) is 59.4 Å². The molecule has 2 aromatic rings. The maximum Gasteiger partial charge on any atom is 0.241 e. The van der Waals surface area contributed by atoms with Gasteiger partial charge in [0.2, 0.25) is 10.0 Å². The molecule has 0 spiro atoms. The molecule has 0 saturated heterocycles. The number of rotatable bonds is 5. The van der Waals surface area contributed by atoms with E-state index in [1.165, 1.54) is 19.2 Å². The fraction of sp³-hybridized carbons (Fsp3) is 0.250. The van der Waals surface area contributed by atoms with Crippen LogP contribution in [0.3, 0.4) is 0 Å². The van der Waals surface area contributed by atoms with E-state index in [1.807, 2.05) is 6.92 Å². The van der Waals surface area contributed by atoms with E-state index < -0.39 is 21.9 Å². The van der Waals surface area contributed by atoms with Gasteiger partial charge in [-0.05, 0) is 43.7 Å². The third-order valence-corrected chi connectivity index (χ3v) is 4.90. The van der Waals surface area contributed by atoms with Crippen LogP contribution in [0.4, 0.5) is 4.39 Å². The molecular formula is C16H18FNO3S. The zero-order valence-electron chi connectivity index (χ0n) is 12.6. The Kier molecular flexibility index (Phi) is 4.83. The molecular weight excluding hydrogens is 305 g/mol. The molecule has 0 aliphatic rings. The van der Waals surface area contributed by atoms with Crippen LogP contribution in [0.15, 0.2) is 47.4 Å². The molecule has 0 aliphatic carbocycles. The summed E-state index contributed by atoms with van der Waals surface area (Å²) < 4.78 is 45.7. The molecule has 4 nitrogen and oxygen atoms in total. The van der Waals surface area contributed by atoms with Crippen molar-refractivity contribution in [2.45, 2.75) is 24.8 Å². The smallest absolute Gasteiger partial charge is 0.241 e. The topological polar surface area (TPSA) is 55.4 Å². The highest BCUT2D eigenvalue weighted by atomic mass is 32.2. The zero-order valence-corrected chi connectivity index (χ0v) is 13.4. The average Bonchev–Trinajstić information content (AvgIpc) is 2.47. The van der Waals surface area contributed by atoms with Crippen LogP contribution in [0.1, 0.15) is 24.1 Å². The highest BCUT2D eigenvalue weighted by Crippen LogP contribution is 2.23. The van der Waals surface area contributed by atoms with Crippen LogP contribution >= 0.6 is 0 Å². The van der Waals surface area contributed by atoms with E-state index in [0.717, 1.165) is 5.56 Å². The third kappa shape index (κ3) is 3.64. The Labute approximate surface area is 130 Å². The minimum Gasteiger partial charge on any atom is -0.494 e. The standard InChI is InChI=1S/C16H18FNO3S/c1-11-4-7-14(8-5-11)22(19,20)18-12(2)13-6-9-16(21-3)15(17)10-13/h4-10,12,18H,1-3H3. The van der Waals surface area contributed by atoms with Crippen molar-refractivity contribution < 1.29 is 17.5 Å². The van der Waals surface area contributed by atoms with E-state index in [2.05, 4.69) is 4.72 Å². The van der Waals surface area contributed by atoms with E-state index >= 15 is 0 Å². The lowest BCUT2D eigenvalue weighted by Crippen LogP contribution is -2.27. The second-order valence-corrected chi connectivity index (χ2v) is 6.76. The van der Waals surface area contributed by atoms with Crippen molar-refractivity contribution in [2.75, 3.05) is 7.11 Å². The highest BCUT2D eigenvalue weighted by Gasteiger charge is 2.19. The molecule has 0 radical (unpaired) electrons. The molecule has 0 aromatic heterocycles. The number of benzene rings is 2. The molecule has 6 heteroatoms. The van der Waals surface area contributed by atoms with Crippen molar-refractivity contribution in [2.24, 2.45) is 0 Å². The molecule has 1 atom stereocenters. The molecule has 22 heavy (non-hydrogen) atoms. The molecule has 0 amide bonds. The monoisotopic (exact) mass is 323 g/mol. The number of hydrogen-bond acceptors (Lipinski definition) is 3. The van der Waals surface area contributed by atoms with Crippen molar-refractivity contribution >= 4 is 10.0 Å². The van der Waals surface area contributed by atoms with Crippen LogP contribution in [0.5, 0.6) is 5.75 Å². The normalized spacial score (nSPS) is 12.9. The van der Waals surface area contributed by atoms with Crippen molar-refractivity contribution in [1.82, 2.24) is 4.72 Å². The van der Waals surface area contributed by atoms with Gasteiger partial charge in [-0.15, -0.1) is 0 Å². The van der Waals surface area contributed by atoms with Crippen molar-refractivity contribution in [3.8, 4) is 5.75 Å². The number of nitrogens with one attached hydrogen (secondary N) is 1.